The summed E-state index contributed by atoms with van der Waals surface area (Å²) in [5.74, 6) is 0. The first-order valence-corrected chi connectivity index (χ1v) is 7.36. The second kappa shape index (κ2) is 5.43. The number of pyridine rings is 1. The Morgan fingerprint density at radius 2 is 2.26 bits per heavy atom. The maximum Gasteiger partial charge on any atom is 0.0674 e. The van der Waals surface area contributed by atoms with Gasteiger partial charge in [-0.2, -0.15) is 5.10 Å². The minimum Gasteiger partial charge on any atom is -0.310 e. The zero-order valence-electron chi connectivity index (χ0n) is 10.9. The maximum absolute atomic E-state index is 4.57. The molecule has 3 rings (SSSR count). The Bertz CT molecular complexity index is 575. The van der Waals surface area contributed by atoms with Crippen molar-refractivity contribution in [1.82, 2.24) is 20.1 Å². The van der Waals surface area contributed by atoms with Gasteiger partial charge < -0.3 is 5.32 Å². The van der Waals surface area contributed by atoms with Gasteiger partial charge in [-0.3, -0.25) is 9.67 Å². The van der Waals surface area contributed by atoms with Crippen LogP contribution in [0.4, 0.5) is 0 Å². The van der Waals surface area contributed by atoms with Gasteiger partial charge in [0.1, 0.15) is 0 Å². The first-order chi connectivity index (χ1) is 9.20. The number of nitrogens with zero attached hydrogens (tertiary/aromatic N) is 3. The van der Waals surface area contributed by atoms with E-state index < -0.39 is 0 Å². The summed E-state index contributed by atoms with van der Waals surface area (Å²) < 4.78 is 2.99. The minimum atomic E-state index is 0.733. The lowest BCUT2D eigenvalue weighted by Crippen LogP contribution is -2.15. The normalized spacial score (nSPS) is 14.8. The fourth-order valence-electron chi connectivity index (χ4n) is 2.08. The molecule has 2 aromatic heterocycles. The summed E-state index contributed by atoms with van der Waals surface area (Å²) in [6.07, 6.45) is 8.44. The van der Waals surface area contributed by atoms with Crippen LogP contribution in [0.1, 0.15) is 29.7 Å². The number of aromatic nitrogens is 3. The molecule has 1 N–H and O–H groups in total. The lowest BCUT2D eigenvalue weighted by atomic mass is 10.2. The molecule has 0 bridgehead atoms. The summed E-state index contributed by atoms with van der Waals surface area (Å²) in [6.45, 7) is 3.75. The Kier molecular flexibility index (Phi) is 3.66. The van der Waals surface area contributed by atoms with Crippen LogP contribution >= 0.6 is 15.9 Å². The highest BCUT2D eigenvalue weighted by atomic mass is 79.9. The topological polar surface area (TPSA) is 42.7 Å². The Balaban J connectivity index is 1.68. The molecule has 0 amide bonds. The second-order valence-electron chi connectivity index (χ2n) is 5.10. The maximum atomic E-state index is 4.57. The highest BCUT2D eigenvalue weighted by molar-refractivity contribution is 9.10. The van der Waals surface area contributed by atoms with Gasteiger partial charge in [-0.05, 0) is 47.3 Å². The molecule has 2 aromatic rings. The number of aryl methyl sites for hydroxylation is 1. The lowest BCUT2D eigenvalue weighted by Gasteiger charge is -2.02. The quantitative estimate of drug-likeness (QED) is 0.921. The number of hydrogen-bond acceptors (Lipinski definition) is 3. The Morgan fingerprint density at radius 1 is 1.42 bits per heavy atom. The average molecular weight is 321 g/mol. The van der Waals surface area contributed by atoms with E-state index in [2.05, 4.69) is 50.5 Å². The molecule has 0 unspecified atom stereocenters. The van der Waals surface area contributed by atoms with Crippen molar-refractivity contribution < 1.29 is 0 Å². The van der Waals surface area contributed by atoms with Crippen molar-refractivity contribution in [3.8, 4) is 0 Å². The van der Waals surface area contributed by atoms with Crippen LogP contribution in [0.3, 0.4) is 0 Å². The Hall–Kier alpha value is -1.20. The molecule has 1 saturated carbocycles. The van der Waals surface area contributed by atoms with Crippen LogP contribution in [-0.4, -0.2) is 20.8 Å². The van der Waals surface area contributed by atoms with Gasteiger partial charge >= 0.3 is 0 Å². The highest BCUT2D eigenvalue weighted by Gasteiger charge is 2.20. The smallest absolute Gasteiger partial charge is 0.0674 e. The van der Waals surface area contributed by atoms with Gasteiger partial charge in [-0.25, -0.2) is 0 Å². The number of nitrogens with one attached hydrogen (secondary N) is 1. The molecule has 1 aliphatic rings. The molecular weight excluding hydrogens is 304 g/mol. The molecule has 0 atom stereocenters. The molecule has 1 aliphatic carbocycles. The van der Waals surface area contributed by atoms with Crippen LogP contribution in [0.5, 0.6) is 0 Å². The first-order valence-electron chi connectivity index (χ1n) is 6.56. The molecule has 19 heavy (non-hydrogen) atoms. The summed E-state index contributed by atoms with van der Waals surface area (Å²) in [7, 11) is 0. The van der Waals surface area contributed by atoms with E-state index in [1.165, 1.54) is 18.4 Å². The first kappa shape index (κ1) is 12.8. The van der Waals surface area contributed by atoms with E-state index >= 15 is 0 Å². The summed E-state index contributed by atoms with van der Waals surface area (Å²) in [5.41, 5.74) is 3.55. The molecule has 0 aliphatic heterocycles. The van der Waals surface area contributed by atoms with Crippen molar-refractivity contribution in [3.05, 3.63) is 46.0 Å². The minimum absolute atomic E-state index is 0.733. The fourth-order valence-corrected chi connectivity index (χ4v) is 2.50. The van der Waals surface area contributed by atoms with Crippen LogP contribution in [0.2, 0.25) is 0 Å². The van der Waals surface area contributed by atoms with Gasteiger partial charge in [0.15, 0.2) is 0 Å². The highest BCUT2D eigenvalue weighted by Crippen LogP contribution is 2.20. The van der Waals surface area contributed by atoms with Gasteiger partial charge in [0.25, 0.3) is 0 Å². The van der Waals surface area contributed by atoms with Gasteiger partial charge in [0.05, 0.1) is 12.2 Å². The van der Waals surface area contributed by atoms with E-state index in [0.29, 0.717) is 0 Å². The Labute approximate surface area is 121 Å². The predicted octanol–water partition coefficient (Wildman–Crippen LogP) is 2.65. The van der Waals surface area contributed by atoms with E-state index in [4.69, 9.17) is 0 Å². The van der Waals surface area contributed by atoms with Crippen molar-refractivity contribution in [2.45, 2.75) is 38.9 Å². The van der Waals surface area contributed by atoms with E-state index in [1.54, 1.807) is 6.20 Å². The van der Waals surface area contributed by atoms with E-state index in [1.807, 2.05) is 10.9 Å². The van der Waals surface area contributed by atoms with Crippen molar-refractivity contribution >= 4 is 15.9 Å². The molecule has 5 heteroatoms. The number of hydrogen-bond donors (Lipinski definition) is 1. The summed E-state index contributed by atoms with van der Waals surface area (Å²) in [5, 5.41) is 8.09. The lowest BCUT2D eigenvalue weighted by molar-refractivity contribution is 0.672. The van der Waals surface area contributed by atoms with Crippen LogP contribution < -0.4 is 5.32 Å². The van der Waals surface area contributed by atoms with Crippen molar-refractivity contribution in [3.63, 3.8) is 0 Å². The third kappa shape index (κ3) is 3.42. The van der Waals surface area contributed by atoms with Crippen molar-refractivity contribution in [2.24, 2.45) is 0 Å². The predicted molar refractivity (Wildman–Crippen MR) is 77.9 cm³/mol. The van der Waals surface area contributed by atoms with Gasteiger partial charge in [-0.15, -0.1) is 0 Å². The molecule has 0 saturated heterocycles. The summed E-state index contributed by atoms with van der Waals surface area (Å²) in [4.78, 5) is 4.18. The van der Waals surface area contributed by atoms with Crippen molar-refractivity contribution in [2.75, 3.05) is 0 Å². The van der Waals surface area contributed by atoms with Gasteiger partial charge in [-0.1, -0.05) is 0 Å². The molecule has 0 aromatic carbocycles. The molecule has 0 radical (unpaired) electrons. The van der Waals surface area contributed by atoms with Crippen LogP contribution in [0, 0.1) is 6.92 Å². The molecule has 2 heterocycles. The molecule has 4 nitrogen and oxygen atoms in total. The largest absolute Gasteiger partial charge is 0.310 e. The number of rotatable bonds is 5. The summed E-state index contributed by atoms with van der Waals surface area (Å²) >= 11 is 3.44. The SMILES string of the molecule is Cc1nn(Cc2cncc(Br)c2)cc1CNC1CC1. The molecule has 0 spiro atoms. The second-order valence-corrected chi connectivity index (χ2v) is 6.02. The number of halogens is 1. The van der Waals surface area contributed by atoms with Crippen molar-refractivity contribution in [1.29, 1.82) is 0 Å². The van der Waals surface area contributed by atoms with Gasteiger partial charge in [0, 0.05) is 41.2 Å². The van der Waals surface area contributed by atoms with Crippen LogP contribution in [0.15, 0.2) is 29.1 Å². The third-order valence-electron chi connectivity index (χ3n) is 3.31. The molecule has 1 fully saturated rings. The van der Waals surface area contributed by atoms with Gasteiger partial charge in [0.2, 0.25) is 0 Å². The van der Waals surface area contributed by atoms with E-state index in [0.717, 1.165) is 34.9 Å². The standard InChI is InChI=1S/C14H17BrN4/c1-10-12(6-17-14-2-3-14)9-19(18-10)8-11-4-13(15)7-16-5-11/h4-5,7,9,14,17H,2-3,6,8H2,1H3. The Morgan fingerprint density at radius 3 is 3.00 bits per heavy atom. The zero-order valence-corrected chi connectivity index (χ0v) is 12.5. The molecular formula is C14H17BrN4. The molecule has 100 valence electrons. The van der Waals surface area contributed by atoms with E-state index in [-0.39, 0.29) is 0 Å². The fraction of sp³-hybridized carbons (Fsp3) is 0.429. The monoisotopic (exact) mass is 320 g/mol. The average Bonchev–Trinajstić information content (AvgIpc) is 3.12. The van der Waals surface area contributed by atoms with Crippen LogP contribution in [-0.2, 0) is 13.1 Å². The zero-order chi connectivity index (χ0) is 13.2. The van der Waals surface area contributed by atoms with E-state index in [9.17, 15) is 0 Å². The van der Waals surface area contributed by atoms with Crippen LogP contribution in [0.25, 0.3) is 0 Å². The summed E-state index contributed by atoms with van der Waals surface area (Å²) in [6, 6.07) is 2.81. The third-order valence-corrected chi connectivity index (χ3v) is 3.75.